The first-order valence-electron chi connectivity index (χ1n) is 6.49. The van der Waals surface area contributed by atoms with Gasteiger partial charge in [0.15, 0.2) is 0 Å². The van der Waals surface area contributed by atoms with Crippen molar-refractivity contribution in [1.29, 1.82) is 0 Å². The van der Waals surface area contributed by atoms with Crippen LogP contribution in [0.1, 0.15) is 11.6 Å². The molecule has 0 amide bonds. The van der Waals surface area contributed by atoms with Crippen LogP contribution in [0.5, 0.6) is 0 Å². The van der Waals surface area contributed by atoms with Crippen molar-refractivity contribution in [3.05, 3.63) is 59.1 Å². The summed E-state index contributed by atoms with van der Waals surface area (Å²) in [4.78, 5) is 4.36. The Kier molecular flexibility index (Phi) is 3.70. The molecule has 2 heterocycles. The Labute approximate surface area is 126 Å². The van der Waals surface area contributed by atoms with Crippen LogP contribution in [0.25, 0.3) is 5.69 Å². The monoisotopic (exact) mass is 305 g/mol. The minimum atomic E-state index is -0.328. The molecule has 0 saturated carbocycles. The van der Waals surface area contributed by atoms with E-state index in [2.05, 4.69) is 15.2 Å². The lowest BCUT2D eigenvalue weighted by atomic mass is 10.3. The van der Waals surface area contributed by atoms with Crippen molar-refractivity contribution >= 4 is 11.6 Å². The highest BCUT2D eigenvalue weighted by Gasteiger charge is 2.12. The molecule has 0 atom stereocenters. The summed E-state index contributed by atoms with van der Waals surface area (Å²) in [6, 6.07) is 6.50. The van der Waals surface area contributed by atoms with Gasteiger partial charge in [-0.25, -0.2) is 14.1 Å². The maximum Gasteiger partial charge on any atom is 0.148 e. The number of para-hydroxylation sites is 1. The van der Waals surface area contributed by atoms with Crippen molar-refractivity contribution in [2.75, 3.05) is 0 Å². The fourth-order valence-electron chi connectivity index (χ4n) is 2.11. The van der Waals surface area contributed by atoms with E-state index in [9.17, 15) is 4.39 Å². The molecule has 0 spiro atoms. The Hall–Kier alpha value is -2.21. The number of halogens is 2. The summed E-state index contributed by atoms with van der Waals surface area (Å²) < 4.78 is 17.2. The molecule has 0 aliphatic heterocycles. The summed E-state index contributed by atoms with van der Waals surface area (Å²) >= 11 is 5.83. The first-order valence-corrected chi connectivity index (χ1v) is 6.86. The summed E-state index contributed by atoms with van der Waals surface area (Å²) in [5, 5.41) is 8.96. The van der Waals surface area contributed by atoms with Crippen LogP contribution in [0.15, 0.2) is 36.7 Å². The molecule has 0 aliphatic carbocycles. The molecular weight excluding hydrogens is 293 g/mol. The average Bonchev–Trinajstić information content (AvgIpc) is 3.03. The largest absolute Gasteiger partial charge is 0.271 e. The van der Waals surface area contributed by atoms with Gasteiger partial charge in [-0.2, -0.15) is 10.2 Å². The lowest BCUT2D eigenvalue weighted by molar-refractivity contribution is 0.577. The van der Waals surface area contributed by atoms with Crippen LogP contribution >= 0.6 is 11.6 Å². The molecular formula is C14H13ClFN5. The van der Waals surface area contributed by atoms with Crippen molar-refractivity contribution in [3.63, 3.8) is 0 Å². The minimum Gasteiger partial charge on any atom is -0.271 e. The predicted molar refractivity (Wildman–Crippen MR) is 77.0 cm³/mol. The molecule has 2 aromatic heterocycles. The van der Waals surface area contributed by atoms with E-state index in [1.807, 2.05) is 0 Å². The lowest BCUT2D eigenvalue weighted by Gasteiger charge is -2.07. The van der Waals surface area contributed by atoms with Crippen LogP contribution in [0.2, 0.25) is 5.02 Å². The third kappa shape index (κ3) is 2.95. The number of nitrogens with zero attached hydrogens (tertiary/aromatic N) is 5. The lowest BCUT2D eigenvalue weighted by Crippen LogP contribution is -2.09. The third-order valence-electron chi connectivity index (χ3n) is 3.03. The van der Waals surface area contributed by atoms with E-state index in [-0.39, 0.29) is 5.82 Å². The summed E-state index contributed by atoms with van der Waals surface area (Å²) in [7, 11) is 0. The molecule has 0 saturated heterocycles. The van der Waals surface area contributed by atoms with E-state index < -0.39 is 0 Å². The van der Waals surface area contributed by atoms with Crippen molar-refractivity contribution in [2.45, 2.75) is 19.9 Å². The zero-order valence-electron chi connectivity index (χ0n) is 11.4. The topological polar surface area (TPSA) is 48.5 Å². The second-order valence-corrected chi connectivity index (χ2v) is 5.05. The second-order valence-electron chi connectivity index (χ2n) is 4.61. The van der Waals surface area contributed by atoms with Gasteiger partial charge >= 0.3 is 0 Å². The number of aryl methyl sites for hydroxylation is 3. The first kappa shape index (κ1) is 13.8. The Bertz CT molecular complexity index is 764. The van der Waals surface area contributed by atoms with Crippen LogP contribution in [0.4, 0.5) is 4.39 Å². The predicted octanol–water partition coefficient (Wildman–Crippen LogP) is 2.81. The van der Waals surface area contributed by atoms with Crippen molar-refractivity contribution in [1.82, 2.24) is 24.5 Å². The number of hydrogen-bond donors (Lipinski definition) is 0. The highest BCUT2D eigenvalue weighted by atomic mass is 35.5. The normalized spacial score (nSPS) is 11.0. The third-order valence-corrected chi connectivity index (χ3v) is 3.22. The molecule has 5 nitrogen and oxygen atoms in total. The first-order chi connectivity index (χ1) is 10.1. The SMILES string of the molecule is Cc1nc(CCn2cc(Cl)cn2)n(-c2ccccc2F)n1. The van der Waals surface area contributed by atoms with E-state index in [0.29, 0.717) is 35.3 Å². The molecule has 3 rings (SSSR count). The zero-order valence-corrected chi connectivity index (χ0v) is 12.1. The molecule has 1 aromatic carbocycles. The summed E-state index contributed by atoms with van der Waals surface area (Å²) in [6.07, 6.45) is 3.89. The molecule has 0 radical (unpaired) electrons. The molecule has 0 bridgehead atoms. The van der Waals surface area contributed by atoms with Crippen molar-refractivity contribution in [3.8, 4) is 5.69 Å². The van der Waals surface area contributed by atoms with Crippen molar-refractivity contribution in [2.24, 2.45) is 0 Å². The number of rotatable bonds is 4. The molecule has 21 heavy (non-hydrogen) atoms. The standard InChI is InChI=1S/C14H13ClFN5/c1-10-18-14(6-7-20-9-11(15)8-17-20)21(19-10)13-5-3-2-4-12(13)16/h2-5,8-9H,6-7H2,1H3. The molecule has 7 heteroatoms. The molecule has 0 fully saturated rings. The maximum absolute atomic E-state index is 13.9. The number of hydrogen-bond acceptors (Lipinski definition) is 3. The van der Waals surface area contributed by atoms with E-state index in [1.165, 1.54) is 10.7 Å². The van der Waals surface area contributed by atoms with Gasteiger partial charge in [0.1, 0.15) is 23.2 Å². The Morgan fingerprint density at radius 1 is 1.29 bits per heavy atom. The van der Waals surface area contributed by atoms with Gasteiger partial charge in [-0.15, -0.1) is 0 Å². The highest BCUT2D eigenvalue weighted by molar-refractivity contribution is 6.30. The van der Waals surface area contributed by atoms with Crippen LogP contribution < -0.4 is 0 Å². The van der Waals surface area contributed by atoms with Crippen LogP contribution in [-0.4, -0.2) is 24.5 Å². The van der Waals surface area contributed by atoms with Gasteiger partial charge in [0, 0.05) is 19.2 Å². The van der Waals surface area contributed by atoms with Crippen LogP contribution in [0, 0.1) is 12.7 Å². The summed E-state index contributed by atoms with van der Waals surface area (Å²) in [5.74, 6) is 0.960. The second kappa shape index (κ2) is 5.65. The van der Waals surface area contributed by atoms with Gasteiger partial charge in [0.05, 0.1) is 11.2 Å². The zero-order chi connectivity index (χ0) is 14.8. The van der Waals surface area contributed by atoms with E-state index in [0.717, 1.165) is 0 Å². The average molecular weight is 306 g/mol. The molecule has 0 unspecified atom stereocenters. The Balaban J connectivity index is 1.88. The van der Waals surface area contributed by atoms with Gasteiger partial charge in [0.25, 0.3) is 0 Å². The fourth-order valence-corrected chi connectivity index (χ4v) is 2.27. The van der Waals surface area contributed by atoms with Crippen LogP contribution in [-0.2, 0) is 13.0 Å². The quantitative estimate of drug-likeness (QED) is 0.744. The van der Waals surface area contributed by atoms with E-state index >= 15 is 0 Å². The van der Waals surface area contributed by atoms with E-state index in [1.54, 1.807) is 42.2 Å². The van der Waals surface area contributed by atoms with Crippen molar-refractivity contribution < 1.29 is 4.39 Å². The van der Waals surface area contributed by atoms with Gasteiger partial charge in [-0.05, 0) is 19.1 Å². The fraction of sp³-hybridized carbons (Fsp3) is 0.214. The number of benzene rings is 1. The van der Waals surface area contributed by atoms with E-state index in [4.69, 9.17) is 11.6 Å². The van der Waals surface area contributed by atoms with Crippen LogP contribution in [0.3, 0.4) is 0 Å². The summed E-state index contributed by atoms with van der Waals surface area (Å²) in [6.45, 7) is 2.38. The minimum absolute atomic E-state index is 0.328. The molecule has 0 N–H and O–H groups in total. The Morgan fingerprint density at radius 2 is 2.10 bits per heavy atom. The van der Waals surface area contributed by atoms with Gasteiger partial charge in [0.2, 0.25) is 0 Å². The van der Waals surface area contributed by atoms with Gasteiger partial charge in [-0.1, -0.05) is 23.7 Å². The maximum atomic E-state index is 13.9. The molecule has 0 aliphatic rings. The molecule has 108 valence electrons. The van der Waals surface area contributed by atoms with Gasteiger partial charge < -0.3 is 0 Å². The van der Waals surface area contributed by atoms with Gasteiger partial charge in [-0.3, -0.25) is 4.68 Å². The summed E-state index contributed by atoms with van der Waals surface area (Å²) in [5.41, 5.74) is 0.395. The smallest absolute Gasteiger partial charge is 0.148 e. The highest BCUT2D eigenvalue weighted by Crippen LogP contribution is 2.15. The molecule has 3 aromatic rings. The number of aromatic nitrogens is 5. The Morgan fingerprint density at radius 3 is 2.81 bits per heavy atom.